The maximum Gasteiger partial charge on any atom is 0.231 e. The Hall–Kier alpha value is -2.69. The number of nitrogen functional groups attached to an aromatic ring is 1. The van der Waals surface area contributed by atoms with E-state index in [2.05, 4.69) is 15.1 Å². The molecule has 20 heavy (non-hydrogen) atoms. The van der Waals surface area contributed by atoms with Crippen LogP contribution in [0.3, 0.4) is 0 Å². The van der Waals surface area contributed by atoms with Crippen molar-refractivity contribution in [3.05, 3.63) is 71.6 Å². The van der Waals surface area contributed by atoms with Crippen LogP contribution in [0.4, 0.5) is 5.69 Å². The lowest BCUT2D eigenvalue weighted by Crippen LogP contribution is -1.93. The summed E-state index contributed by atoms with van der Waals surface area (Å²) in [6, 6.07) is 11.5. The van der Waals surface area contributed by atoms with E-state index in [1.807, 2.05) is 36.4 Å². The van der Waals surface area contributed by atoms with Crippen molar-refractivity contribution in [2.75, 3.05) is 5.73 Å². The van der Waals surface area contributed by atoms with Gasteiger partial charge in [-0.15, -0.1) is 0 Å². The van der Waals surface area contributed by atoms with Gasteiger partial charge >= 0.3 is 0 Å². The highest BCUT2D eigenvalue weighted by Gasteiger charge is 2.08. The fourth-order valence-corrected chi connectivity index (χ4v) is 1.93. The van der Waals surface area contributed by atoms with Crippen molar-refractivity contribution in [2.45, 2.75) is 12.8 Å². The van der Waals surface area contributed by atoms with Crippen LogP contribution in [0.15, 0.2) is 53.3 Å². The highest BCUT2D eigenvalue weighted by molar-refractivity contribution is 5.39. The molecule has 0 fully saturated rings. The summed E-state index contributed by atoms with van der Waals surface area (Å²) in [4.78, 5) is 8.45. The quantitative estimate of drug-likeness (QED) is 0.733. The van der Waals surface area contributed by atoms with Crippen molar-refractivity contribution in [3.8, 4) is 0 Å². The largest absolute Gasteiger partial charge is 0.399 e. The van der Waals surface area contributed by atoms with Crippen LogP contribution in [-0.2, 0) is 12.8 Å². The number of hydrogen-bond donors (Lipinski definition) is 1. The van der Waals surface area contributed by atoms with Crippen LogP contribution >= 0.6 is 0 Å². The van der Waals surface area contributed by atoms with Gasteiger partial charge in [0.2, 0.25) is 5.89 Å². The second kappa shape index (κ2) is 5.52. The smallest absolute Gasteiger partial charge is 0.231 e. The summed E-state index contributed by atoms with van der Waals surface area (Å²) >= 11 is 0. The molecule has 5 heteroatoms. The van der Waals surface area contributed by atoms with Crippen molar-refractivity contribution in [1.29, 1.82) is 0 Å². The first-order valence-electron chi connectivity index (χ1n) is 6.34. The molecule has 0 aliphatic rings. The predicted molar refractivity (Wildman–Crippen MR) is 75.0 cm³/mol. The molecule has 0 radical (unpaired) electrons. The maximum absolute atomic E-state index is 5.65. The number of rotatable bonds is 4. The van der Waals surface area contributed by atoms with Crippen LogP contribution in [0.1, 0.15) is 22.8 Å². The SMILES string of the molecule is Nc1ccc(Cc2nc(Cc3cccnc3)no2)cc1. The van der Waals surface area contributed by atoms with Crippen molar-refractivity contribution in [3.63, 3.8) is 0 Å². The number of anilines is 1. The lowest BCUT2D eigenvalue weighted by molar-refractivity contribution is 0.380. The summed E-state index contributed by atoms with van der Waals surface area (Å²) < 4.78 is 5.26. The van der Waals surface area contributed by atoms with Crippen molar-refractivity contribution < 1.29 is 4.52 Å². The zero-order valence-corrected chi connectivity index (χ0v) is 10.9. The molecule has 100 valence electrons. The van der Waals surface area contributed by atoms with Crippen LogP contribution in [0, 0.1) is 0 Å². The molecule has 2 aromatic heterocycles. The Morgan fingerprint density at radius 2 is 1.85 bits per heavy atom. The number of hydrogen-bond acceptors (Lipinski definition) is 5. The first-order valence-corrected chi connectivity index (χ1v) is 6.34. The minimum Gasteiger partial charge on any atom is -0.399 e. The number of pyridine rings is 1. The van der Waals surface area contributed by atoms with Crippen molar-refractivity contribution in [2.24, 2.45) is 0 Å². The molecule has 0 saturated heterocycles. The summed E-state index contributed by atoms with van der Waals surface area (Å²) in [5, 5.41) is 3.99. The van der Waals surface area contributed by atoms with E-state index in [9.17, 15) is 0 Å². The monoisotopic (exact) mass is 266 g/mol. The average Bonchev–Trinajstić information content (AvgIpc) is 2.90. The molecule has 3 aromatic rings. The van der Waals surface area contributed by atoms with E-state index in [1.165, 1.54) is 0 Å². The summed E-state index contributed by atoms with van der Waals surface area (Å²) in [7, 11) is 0. The topological polar surface area (TPSA) is 77.8 Å². The van der Waals surface area contributed by atoms with Gasteiger partial charge in [0.25, 0.3) is 0 Å². The molecule has 0 saturated carbocycles. The van der Waals surface area contributed by atoms with Gasteiger partial charge in [-0.3, -0.25) is 4.98 Å². The Morgan fingerprint density at radius 1 is 1.00 bits per heavy atom. The molecule has 0 amide bonds. The van der Waals surface area contributed by atoms with Gasteiger partial charge < -0.3 is 10.3 Å². The molecule has 3 rings (SSSR count). The summed E-state index contributed by atoms with van der Waals surface area (Å²) in [6.45, 7) is 0. The molecule has 0 spiro atoms. The Bertz CT molecular complexity index is 677. The molecule has 0 unspecified atom stereocenters. The lowest BCUT2D eigenvalue weighted by atomic mass is 10.1. The van der Waals surface area contributed by atoms with Gasteiger partial charge in [0.05, 0.1) is 6.42 Å². The van der Waals surface area contributed by atoms with Crippen LogP contribution in [0.2, 0.25) is 0 Å². The Morgan fingerprint density at radius 3 is 2.60 bits per heavy atom. The molecule has 5 nitrogen and oxygen atoms in total. The minimum absolute atomic E-state index is 0.605. The fourth-order valence-electron chi connectivity index (χ4n) is 1.93. The van der Waals surface area contributed by atoms with Gasteiger partial charge in [-0.1, -0.05) is 23.4 Å². The number of nitrogens with zero attached hydrogens (tertiary/aromatic N) is 3. The Balaban J connectivity index is 1.69. The first kappa shape index (κ1) is 12.3. The molecule has 2 N–H and O–H groups in total. The van der Waals surface area contributed by atoms with Crippen molar-refractivity contribution >= 4 is 5.69 Å². The molecule has 2 heterocycles. The maximum atomic E-state index is 5.65. The molecular weight excluding hydrogens is 252 g/mol. The van der Waals surface area contributed by atoms with E-state index in [-0.39, 0.29) is 0 Å². The van der Waals surface area contributed by atoms with Gasteiger partial charge in [-0.25, -0.2) is 0 Å². The van der Waals surface area contributed by atoms with Gasteiger partial charge in [-0.05, 0) is 29.3 Å². The van der Waals surface area contributed by atoms with E-state index in [0.717, 1.165) is 16.8 Å². The highest BCUT2D eigenvalue weighted by atomic mass is 16.5. The zero-order chi connectivity index (χ0) is 13.8. The Labute approximate surface area is 116 Å². The molecule has 0 atom stereocenters. The van der Waals surface area contributed by atoms with Crippen LogP contribution in [-0.4, -0.2) is 15.1 Å². The predicted octanol–water partition coefficient (Wildman–Crippen LogP) is 2.23. The van der Waals surface area contributed by atoms with Gasteiger partial charge in [0, 0.05) is 24.5 Å². The fraction of sp³-hybridized carbons (Fsp3) is 0.133. The van der Waals surface area contributed by atoms with E-state index >= 15 is 0 Å². The molecule has 0 aliphatic heterocycles. The van der Waals surface area contributed by atoms with E-state index in [0.29, 0.717) is 24.6 Å². The van der Waals surface area contributed by atoms with Crippen LogP contribution in [0.5, 0.6) is 0 Å². The highest BCUT2D eigenvalue weighted by Crippen LogP contribution is 2.11. The van der Waals surface area contributed by atoms with E-state index in [1.54, 1.807) is 12.4 Å². The van der Waals surface area contributed by atoms with E-state index in [4.69, 9.17) is 10.3 Å². The van der Waals surface area contributed by atoms with Gasteiger partial charge in [0.1, 0.15) is 0 Å². The molecule has 0 bridgehead atoms. The van der Waals surface area contributed by atoms with Crippen molar-refractivity contribution in [1.82, 2.24) is 15.1 Å². The lowest BCUT2D eigenvalue weighted by Gasteiger charge is -1.97. The summed E-state index contributed by atoms with van der Waals surface area (Å²) in [5.74, 6) is 1.28. The summed E-state index contributed by atoms with van der Waals surface area (Å²) in [6.07, 6.45) is 4.78. The molecule has 1 aromatic carbocycles. The van der Waals surface area contributed by atoms with Gasteiger partial charge in [0.15, 0.2) is 5.82 Å². The second-order valence-corrected chi connectivity index (χ2v) is 4.56. The normalized spacial score (nSPS) is 10.6. The van der Waals surface area contributed by atoms with Crippen LogP contribution in [0.25, 0.3) is 0 Å². The third-order valence-electron chi connectivity index (χ3n) is 2.93. The second-order valence-electron chi connectivity index (χ2n) is 4.56. The number of benzene rings is 1. The molecule has 0 aliphatic carbocycles. The third kappa shape index (κ3) is 3.00. The number of aromatic nitrogens is 3. The van der Waals surface area contributed by atoms with Crippen LogP contribution < -0.4 is 5.73 Å². The third-order valence-corrected chi connectivity index (χ3v) is 2.93. The average molecular weight is 266 g/mol. The minimum atomic E-state index is 0.605. The van der Waals surface area contributed by atoms with Gasteiger partial charge in [-0.2, -0.15) is 4.98 Å². The summed E-state index contributed by atoms with van der Waals surface area (Å²) in [5.41, 5.74) is 8.56. The molecular formula is C15H14N4O. The van der Waals surface area contributed by atoms with E-state index < -0.39 is 0 Å². The first-order chi connectivity index (χ1) is 9.79. The number of nitrogens with two attached hydrogens (primary N) is 1. The zero-order valence-electron chi connectivity index (χ0n) is 10.9. The Kier molecular flexibility index (Phi) is 3.41. The standard InChI is InChI=1S/C15H14N4O/c16-13-5-3-11(4-6-13)9-15-18-14(19-20-15)8-12-2-1-7-17-10-12/h1-7,10H,8-9,16H2.